The third-order valence-electron chi connectivity index (χ3n) is 2.11. The Morgan fingerprint density at radius 2 is 1.86 bits per heavy atom. The Morgan fingerprint density at radius 1 is 1.29 bits per heavy atom. The van der Waals surface area contributed by atoms with Gasteiger partial charge in [-0.3, -0.25) is 9.59 Å². The van der Waals surface area contributed by atoms with Crippen molar-refractivity contribution in [3.63, 3.8) is 0 Å². The van der Waals surface area contributed by atoms with Gasteiger partial charge in [0.1, 0.15) is 6.04 Å². The molecule has 0 saturated carbocycles. The predicted octanol–water partition coefficient (Wildman–Crippen LogP) is 0.679. The monoisotopic (exact) mass is 203 g/mol. The molecule has 0 aliphatic rings. The first-order valence-electron chi connectivity index (χ1n) is 4.70. The van der Waals surface area contributed by atoms with E-state index in [2.05, 4.69) is 0 Å². The molecule has 5 nitrogen and oxygen atoms in total. The number of hydrogen-bond acceptors (Lipinski definition) is 3. The van der Waals surface area contributed by atoms with Crippen LogP contribution >= 0.6 is 0 Å². The largest absolute Gasteiger partial charge is 0.481 e. The summed E-state index contributed by atoms with van der Waals surface area (Å²) < 4.78 is 0. The Labute approximate surface area is 82.9 Å². The van der Waals surface area contributed by atoms with Crippen LogP contribution in [0.5, 0.6) is 0 Å². The van der Waals surface area contributed by atoms with Crippen molar-refractivity contribution < 1.29 is 19.8 Å². The molecule has 0 bridgehead atoms. The Bertz CT molecular complexity index is 205. The Hall–Kier alpha value is -1.10. The van der Waals surface area contributed by atoms with E-state index in [1.54, 1.807) is 0 Å². The molecule has 0 aromatic heterocycles. The fraction of sp³-hybridized carbons (Fsp3) is 0.778. The van der Waals surface area contributed by atoms with Crippen LogP contribution in [0.3, 0.4) is 0 Å². The van der Waals surface area contributed by atoms with Gasteiger partial charge in [-0.25, -0.2) is 0 Å². The molecule has 0 aromatic rings. The summed E-state index contributed by atoms with van der Waals surface area (Å²) in [6.45, 7) is 1.95. The molecule has 0 aromatic carbocycles. The van der Waals surface area contributed by atoms with Gasteiger partial charge in [-0.05, 0) is 12.8 Å². The van der Waals surface area contributed by atoms with Gasteiger partial charge in [0, 0.05) is 0 Å². The summed E-state index contributed by atoms with van der Waals surface area (Å²) in [5.74, 6) is -2.75. The van der Waals surface area contributed by atoms with Gasteiger partial charge in [-0.15, -0.1) is 0 Å². The minimum atomic E-state index is -1.15. The topological polar surface area (TPSA) is 101 Å². The zero-order chi connectivity index (χ0) is 11.1. The first-order valence-corrected chi connectivity index (χ1v) is 4.70. The molecule has 0 spiro atoms. The van der Waals surface area contributed by atoms with E-state index in [1.807, 2.05) is 6.92 Å². The third-order valence-corrected chi connectivity index (χ3v) is 2.11. The van der Waals surface area contributed by atoms with Crippen molar-refractivity contribution in [2.45, 2.75) is 38.6 Å². The number of carboxylic acid groups (broad SMARTS) is 2. The summed E-state index contributed by atoms with van der Waals surface area (Å²) in [5, 5.41) is 17.3. The van der Waals surface area contributed by atoms with E-state index in [9.17, 15) is 9.59 Å². The molecule has 0 rings (SSSR count). The van der Waals surface area contributed by atoms with Crippen molar-refractivity contribution in [3.8, 4) is 0 Å². The highest BCUT2D eigenvalue weighted by atomic mass is 16.4. The van der Waals surface area contributed by atoms with Gasteiger partial charge in [-0.2, -0.15) is 0 Å². The molecule has 0 amide bonds. The van der Waals surface area contributed by atoms with Crippen LogP contribution in [-0.4, -0.2) is 28.2 Å². The first-order chi connectivity index (χ1) is 6.49. The van der Waals surface area contributed by atoms with E-state index in [1.165, 1.54) is 0 Å². The molecule has 4 N–H and O–H groups in total. The SMILES string of the molecule is CCCCC(C[C@H](N)C(=O)O)C(=O)O. The fourth-order valence-corrected chi connectivity index (χ4v) is 1.20. The molecule has 0 saturated heterocycles. The molecule has 0 aliphatic heterocycles. The van der Waals surface area contributed by atoms with Crippen LogP contribution in [0.2, 0.25) is 0 Å². The minimum Gasteiger partial charge on any atom is -0.481 e. The zero-order valence-electron chi connectivity index (χ0n) is 8.27. The number of nitrogens with two attached hydrogens (primary N) is 1. The van der Waals surface area contributed by atoms with Crippen LogP contribution in [0, 0.1) is 5.92 Å². The van der Waals surface area contributed by atoms with E-state index < -0.39 is 23.9 Å². The van der Waals surface area contributed by atoms with Crippen LogP contribution in [0.15, 0.2) is 0 Å². The van der Waals surface area contributed by atoms with Crippen LogP contribution < -0.4 is 5.73 Å². The number of carboxylic acids is 2. The maximum Gasteiger partial charge on any atom is 0.320 e. The lowest BCUT2D eigenvalue weighted by Gasteiger charge is -2.13. The van der Waals surface area contributed by atoms with Gasteiger partial charge < -0.3 is 15.9 Å². The van der Waals surface area contributed by atoms with Crippen molar-refractivity contribution >= 4 is 11.9 Å². The van der Waals surface area contributed by atoms with Crippen molar-refractivity contribution in [2.24, 2.45) is 11.7 Å². The van der Waals surface area contributed by atoms with Crippen LogP contribution in [-0.2, 0) is 9.59 Å². The molecule has 5 heteroatoms. The zero-order valence-corrected chi connectivity index (χ0v) is 8.27. The highest BCUT2D eigenvalue weighted by Gasteiger charge is 2.23. The van der Waals surface area contributed by atoms with Gasteiger partial charge in [0.2, 0.25) is 0 Å². The number of unbranched alkanes of at least 4 members (excludes halogenated alkanes) is 1. The predicted molar refractivity (Wildman–Crippen MR) is 50.9 cm³/mol. The molecule has 2 atom stereocenters. The second-order valence-corrected chi connectivity index (χ2v) is 3.36. The first kappa shape index (κ1) is 12.9. The van der Waals surface area contributed by atoms with E-state index in [4.69, 9.17) is 15.9 Å². The highest BCUT2D eigenvalue weighted by Crippen LogP contribution is 2.14. The van der Waals surface area contributed by atoms with Gasteiger partial charge in [0.05, 0.1) is 5.92 Å². The molecule has 0 fully saturated rings. The number of aliphatic carboxylic acids is 2. The highest BCUT2D eigenvalue weighted by molar-refractivity contribution is 5.75. The quantitative estimate of drug-likeness (QED) is 0.564. The smallest absolute Gasteiger partial charge is 0.320 e. The summed E-state index contributed by atoms with van der Waals surface area (Å²) in [6, 6.07) is -1.08. The maximum absolute atomic E-state index is 10.7. The summed E-state index contributed by atoms with van der Waals surface area (Å²) in [7, 11) is 0. The summed E-state index contributed by atoms with van der Waals surface area (Å²) >= 11 is 0. The molecule has 1 unspecified atom stereocenters. The van der Waals surface area contributed by atoms with Gasteiger partial charge in [0.15, 0.2) is 0 Å². The van der Waals surface area contributed by atoms with E-state index in [-0.39, 0.29) is 6.42 Å². The Kier molecular flexibility index (Phi) is 5.87. The molecule has 82 valence electrons. The van der Waals surface area contributed by atoms with E-state index >= 15 is 0 Å². The number of hydrogen-bond donors (Lipinski definition) is 3. The fourth-order valence-electron chi connectivity index (χ4n) is 1.20. The van der Waals surface area contributed by atoms with Crippen LogP contribution in [0.4, 0.5) is 0 Å². The molecule has 0 radical (unpaired) electrons. The Morgan fingerprint density at radius 3 is 2.21 bits per heavy atom. The average Bonchev–Trinajstić information content (AvgIpc) is 2.10. The third kappa shape index (κ3) is 4.81. The van der Waals surface area contributed by atoms with Gasteiger partial charge in [-0.1, -0.05) is 19.8 Å². The summed E-state index contributed by atoms with van der Waals surface area (Å²) in [5.41, 5.74) is 5.26. The number of carbonyl (C=O) groups is 2. The minimum absolute atomic E-state index is 0.00463. The summed E-state index contributed by atoms with van der Waals surface area (Å²) in [4.78, 5) is 21.1. The van der Waals surface area contributed by atoms with Crippen molar-refractivity contribution in [2.75, 3.05) is 0 Å². The van der Waals surface area contributed by atoms with E-state index in [0.717, 1.165) is 12.8 Å². The van der Waals surface area contributed by atoms with Crippen molar-refractivity contribution in [1.82, 2.24) is 0 Å². The van der Waals surface area contributed by atoms with Crippen molar-refractivity contribution in [3.05, 3.63) is 0 Å². The molecular weight excluding hydrogens is 186 g/mol. The lowest BCUT2D eigenvalue weighted by Crippen LogP contribution is -2.34. The molecular formula is C9H17NO4. The Balaban J connectivity index is 4.08. The molecule has 14 heavy (non-hydrogen) atoms. The normalized spacial score (nSPS) is 14.7. The molecule has 0 heterocycles. The van der Waals surface area contributed by atoms with Crippen LogP contribution in [0.1, 0.15) is 32.6 Å². The average molecular weight is 203 g/mol. The van der Waals surface area contributed by atoms with Gasteiger partial charge >= 0.3 is 11.9 Å². The second kappa shape index (κ2) is 6.37. The maximum atomic E-state index is 10.7. The number of rotatable bonds is 7. The van der Waals surface area contributed by atoms with E-state index in [0.29, 0.717) is 6.42 Å². The lowest BCUT2D eigenvalue weighted by atomic mass is 9.95. The molecule has 0 aliphatic carbocycles. The van der Waals surface area contributed by atoms with Crippen molar-refractivity contribution in [1.29, 1.82) is 0 Å². The summed E-state index contributed by atoms with van der Waals surface area (Å²) in [6.07, 6.45) is 2.17. The van der Waals surface area contributed by atoms with Crippen LogP contribution in [0.25, 0.3) is 0 Å². The standard InChI is InChI=1S/C9H17NO4/c1-2-3-4-6(8(11)12)5-7(10)9(13)14/h6-7H,2-5,10H2,1H3,(H,11,12)(H,13,14)/t6?,7-/m0/s1. The second-order valence-electron chi connectivity index (χ2n) is 3.36. The van der Waals surface area contributed by atoms with Gasteiger partial charge in [0.25, 0.3) is 0 Å². The lowest BCUT2D eigenvalue weighted by molar-refractivity contribution is -0.143.